The molecular weight excluding hydrogens is 407 g/mol. The number of hydrogen-bond acceptors (Lipinski definition) is 4. The summed E-state index contributed by atoms with van der Waals surface area (Å²) in [7, 11) is 3.24. The molecule has 0 unspecified atom stereocenters. The quantitative estimate of drug-likeness (QED) is 0.354. The lowest BCUT2D eigenvalue weighted by Crippen LogP contribution is -2.29. The number of nitrogens with zero attached hydrogens (tertiary/aromatic N) is 2. The molecule has 0 amide bonds. The van der Waals surface area contributed by atoms with Crippen LogP contribution in [0, 0.1) is 0 Å². The van der Waals surface area contributed by atoms with E-state index in [9.17, 15) is 0 Å². The number of guanidine groups is 1. The molecule has 1 rings (SSSR count). The molecule has 0 saturated carbocycles. The largest absolute Gasteiger partial charge is 0.497 e. The van der Waals surface area contributed by atoms with E-state index in [1.54, 1.807) is 14.2 Å². The number of hydrogen-bond donors (Lipinski definition) is 2. The summed E-state index contributed by atoms with van der Waals surface area (Å²) in [4.78, 5) is 6.72. The smallest absolute Gasteiger partial charge is 0.193 e. The van der Waals surface area contributed by atoms with Crippen molar-refractivity contribution in [2.75, 3.05) is 45.7 Å². The Balaban J connectivity index is 0.00000484. The maximum absolute atomic E-state index is 5.95. The van der Waals surface area contributed by atoms with Crippen molar-refractivity contribution in [3.8, 4) is 11.5 Å². The fourth-order valence-electron chi connectivity index (χ4n) is 2.15. The Labute approximate surface area is 156 Å². The number of nitrogens with two attached hydrogens (primary N) is 1. The molecule has 0 radical (unpaired) electrons. The van der Waals surface area contributed by atoms with E-state index >= 15 is 0 Å². The molecule has 6 nitrogen and oxygen atoms in total. The molecule has 0 bridgehead atoms. The zero-order chi connectivity index (χ0) is 16.4. The van der Waals surface area contributed by atoms with Gasteiger partial charge in [0.1, 0.15) is 11.5 Å². The maximum atomic E-state index is 5.95. The minimum Gasteiger partial charge on any atom is -0.497 e. The van der Waals surface area contributed by atoms with Gasteiger partial charge in [0.15, 0.2) is 5.96 Å². The number of rotatable bonds is 9. The summed E-state index contributed by atoms with van der Waals surface area (Å²) in [5, 5.41) is 3.06. The van der Waals surface area contributed by atoms with Crippen LogP contribution in [0.2, 0.25) is 0 Å². The van der Waals surface area contributed by atoms with E-state index in [1.165, 1.54) is 0 Å². The van der Waals surface area contributed by atoms with Crippen molar-refractivity contribution in [1.29, 1.82) is 0 Å². The minimum atomic E-state index is 0. The van der Waals surface area contributed by atoms with Crippen LogP contribution in [0.25, 0.3) is 0 Å². The summed E-state index contributed by atoms with van der Waals surface area (Å²) in [6.07, 6.45) is 1.15. The van der Waals surface area contributed by atoms with Crippen molar-refractivity contribution in [2.45, 2.75) is 20.3 Å². The number of nitrogens with one attached hydrogen (secondary N) is 1. The second-order valence-electron chi connectivity index (χ2n) is 4.89. The average Bonchev–Trinajstić information content (AvgIpc) is 2.53. The molecule has 0 spiro atoms. The third-order valence-corrected chi connectivity index (χ3v) is 3.35. The number of benzene rings is 1. The summed E-state index contributed by atoms with van der Waals surface area (Å²) in [6.45, 7) is 8.02. The van der Waals surface area contributed by atoms with Crippen LogP contribution in [0.1, 0.15) is 20.3 Å². The van der Waals surface area contributed by atoms with Crippen LogP contribution in [0.3, 0.4) is 0 Å². The van der Waals surface area contributed by atoms with Crippen LogP contribution in [-0.4, -0.2) is 51.3 Å². The van der Waals surface area contributed by atoms with Crippen molar-refractivity contribution < 1.29 is 9.47 Å². The zero-order valence-corrected chi connectivity index (χ0v) is 16.8. The number of likely N-dealkylation sites (N-methyl/N-ethyl adjacent to an activating group) is 1. The topological polar surface area (TPSA) is 72.1 Å². The van der Waals surface area contributed by atoms with Crippen LogP contribution in [0.4, 0.5) is 5.69 Å². The molecule has 7 heteroatoms. The predicted molar refractivity (Wildman–Crippen MR) is 107 cm³/mol. The number of anilines is 1. The molecule has 0 aliphatic carbocycles. The van der Waals surface area contributed by atoms with E-state index in [2.05, 4.69) is 29.1 Å². The van der Waals surface area contributed by atoms with Gasteiger partial charge in [-0.15, -0.1) is 24.0 Å². The first-order valence-electron chi connectivity index (χ1n) is 7.65. The van der Waals surface area contributed by atoms with E-state index < -0.39 is 0 Å². The number of methoxy groups -OCH3 is 2. The third-order valence-electron chi connectivity index (χ3n) is 3.35. The van der Waals surface area contributed by atoms with Gasteiger partial charge in [0.2, 0.25) is 0 Å². The van der Waals surface area contributed by atoms with Crippen LogP contribution < -0.4 is 20.5 Å². The first-order chi connectivity index (χ1) is 10.6. The molecule has 0 fully saturated rings. The first kappa shape index (κ1) is 21.8. The Morgan fingerprint density at radius 3 is 2.52 bits per heavy atom. The van der Waals surface area contributed by atoms with E-state index in [-0.39, 0.29) is 24.0 Å². The van der Waals surface area contributed by atoms with Gasteiger partial charge in [0, 0.05) is 12.6 Å². The summed E-state index contributed by atoms with van der Waals surface area (Å²) < 4.78 is 10.5. The monoisotopic (exact) mass is 436 g/mol. The second-order valence-corrected chi connectivity index (χ2v) is 4.89. The van der Waals surface area contributed by atoms with Gasteiger partial charge in [-0.25, -0.2) is 0 Å². The lowest BCUT2D eigenvalue weighted by atomic mass is 10.2. The van der Waals surface area contributed by atoms with E-state index in [4.69, 9.17) is 15.2 Å². The molecule has 132 valence electrons. The van der Waals surface area contributed by atoms with Gasteiger partial charge >= 0.3 is 0 Å². The lowest BCUT2D eigenvalue weighted by Gasteiger charge is -2.18. The highest BCUT2D eigenvalue weighted by Gasteiger charge is 2.06. The van der Waals surface area contributed by atoms with Crippen LogP contribution >= 0.6 is 24.0 Å². The molecule has 1 aromatic carbocycles. The van der Waals surface area contributed by atoms with Gasteiger partial charge in [-0.1, -0.05) is 13.8 Å². The summed E-state index contributed by atoms with van der Waals surface area (Å²) in [5.41, 5.74) is 6.69. The second kappa shape index (κ2) is 12.2. The molecule has 0 aliphatic heterocycles. The van der Waals surface area contributed by atoms with Crippen LogP contribution in [0.15, 0.2) is 23.2 Å². The third kappa shape index (κ3) is 7.74. The van der Waals surface area contributed by atoms with Gasteiger partial charge in [-0.05, 0) is 31.6 Å². The van der Waals surface area contributed by atoms with Gasteiger partial charge in [-0.2, -0.15) is 0 Å². The summed E-state index contributed by atoms with van der Waals surface area (Å²) >= 11 is 0. The number of ether oxygens (including phenoxy) is 2. The van der Waals surface area contributed by atoms with E-state index in [0.29, 0.717) is 18.3 Å². The highest BCUT2D eigenvalue weighted by atomic mass is 127. The Morgan fingerprint density at radius 2 is 1.96 bits per heavy atom. The van der Waals surface area contributed by atoms with Crippen LogP contribution in [0.5, 0.6) is 11.5 Å². The molecule has 0 aliphatic rings. The molecule has 0 aromatic heterocycles. The van der Waals surface area contributed by atoms with Crippen molar-refractivity contribution in [1.82, 2.24) is 4.90 Å². The number of halogens is 1. The Morgan fingerprint density at radius 1 is 1.22 bits per heavy atom. The van der Waals surface area contributed by atoms with E-state index in [0.717, 1.165) is 37.5 Å². The average molecular weight is 436 g/mol. The van der Waals surface area contributed by atoms with Gasteiger partial charge in [0.25, 0.3) is 0 Å². The predicted octanol–water partition coefficient (Wildman–Crippen LogP) is 2.78. The van der Waals surface area contributed by atoms with Crippen molar-refractivity contribution >= 4 is 35.6 Å². The van der Waals surface area contributed by atoms with Crippen LogP contribution in [-0.2, 0) is 0 Å². The fourth-order valence-corrected chi connectivity index (χ4v) is 2.15. The van der Waals surface area contributed by atoms with Crippen molar-refractivity contribution in [2.24, 2.45) is 10.7 Å². The first-order valence-corrected chi connectivity index (χ1v) is 7.65. The molecule has 23 heavy (non-hydrogen) atoms. The lowest BCUT2D eigenvalue weighted by molar-refractivity contribution is 0.297. The van der Waals surface area contributed by atoms with Crippen molar-refractivity contribution in [3.63, 3.8) is 0 Å². The maximum Gasteiger partial charge on any atom is 0.193 e. The van der Waals surface area contributed by atoms with Crippen molar-refractivity contribution in [3.05, 3.63) is 18.2 Å². The normalized spacial score (nSPS) is 11.1. The Kier molecular flexibility index (Phi) is 11.6. The Bertz CT molecular complexity index is 483. The van der Waals surface area contributed by atoms with Gasteiger partial charge in [0.05, 0.1) is 26.5 Å². The van der Waals surface area contributed by atoms with Gasteiger partial charge < -0.3 is 25.4 Å². The Hall–Kier alpha value is -1.22. The van der Waals surface area contributed by atoms with Gasteiger partial charge in [-0.3, -0.25) is 4.99 Å². The molecule has 1 aromatic rings. The molecule has 0 saturated heterocycles. The molecule has 3 N–H and O–H groups in total. The SMILES string of the molecule is CCCN(CC)CCN=C(N)Nc1cc(OC)ccc1OC.I. The molecule has 0 heterocycles. The van der Waals surface area contributed by atoms with E-state index in [1.807, 2.05) is 18.2 Å². The molecule has 0 atom stereocenters. The number of aliphatic imine (C=N–C) groups is 1. The highest BCUT2D eigenvalue weighted by molar-refractivity contribution is 14.0. The molecular formula is C16H29IN4O2. The summed E-state index contributed by atoms with van der Waals surface area (Å²) in [6, 6.07) is 5.49. The zero-order valence-electron chi connectivity index (χ0n) is 14.5. The highest BCUT2D eigenvalue weighted by Crippen LogP contribution is 2.28. The summed E-state index contributed by atoms with van der Waals surface area (Å²) in [5.74, 6) is 1.80. The fraction of sp³-hybridized carbons (Fsp3) is 0.562. The minimum absolute atomic E-state index is 0. The standard InChI is InChI=1S/C16H28N4O2.HI/c1-5-10-20(6-2)11-9-18-16(17)19-14-12-13(21-3)7-8-15(14)22-4;/h7-8,12H,5-6,9-11H2,1-4H3,(H3,17,18,19);1H.